The summed E-state index contributed by atoms with van der Waals surface area (Å²) in [5.41, 5.74) is 6.85. The third kappa shape index (κ3) is 3.37. The normalized spacial score (nSPS) is 25.4. The van der Waals surface area contributed by atoms with Crippen LogP contribution in [0.2, 0.25) is 4.34 Å². The number of nitrogens with two attached hydrogens (primary N) is 1. The van der Waals surface area contributed by atoms with Crippen LogP contribution in [0.5, 0.6) is 0 Å². The lowest BCUT2D eigenvalue weighted by Crippen LogP contribution is -2.40. The number of rotatable bonds is 4. The smallest absolute Gasteiger partial charge is 0.138 e. The molecule has 1 aliphatic carbocycles. The zero-order valence-electron chi connectivity index (χ0n) is 10.1. The van der Waals surface area contributed by atoms with Gasteiger partial charge in [0.05, 0.1) is 0 Å². The van der Waals surface area contributed by atoms with Crippen LogP contribution in [0, 0.1) is 0 Å². The van der Waals surface area contributed by atoms with Crippen molar-refractivity contribution in [3.05, 3.63) is 10.0 Å². The summed E-state index contributed by atoms with van der Waals surface area (Å²) in [5, 5.41) is 4.08. The van der Waals surface area contributed by atoms with Crippen molar-refractivity contribution in [3.63, 3.8) is 0 Å². The molecule has 2 rings (SSSR count). The van der Waals surface area contributed by atoms with Gasteiger partial charge < -0.3 is 5.73 Å². The Labute approximate surface area is 111 Å². The maximum absolute atomic E-state index is 6.05. The highest BCUT2D eigenvalue weighted by molar-refractivity contribution is 7.10. The standard InChI is InChI=1S/C11H19ClN4S/c1-2-16(7-10-11(12)17-15-14-10)9-5-3-8(13)4-6-9/h8-9H,2-7,13H2,1H3. The van der Waals surface area contributed by atoms with Gasteiger partial charge in [-0.05, 0) is 32.2 Å². The Kier molecular flexibility index (Phi) is 4.73. The second-order valence-electron chi connectivity index (χ2n) is 4.63. The molecule has 0 radical (unpaired) electrons. The number of hydrogen-bond donors (Lipinski definition) is 1. The van der Waals surface area contributed by atoms with Crippen molar-refractivity contribution in [3.8, 4) is 0 Å². The summed E-state index contributed by atoms with van der Waals surface area (Å²) in [7, 11) is 0. The molecule has 1 saturated carbocycles. The molecule has 1 fully saturated rings. The minimum atomic E-state index is 0.398. The molecule has 0 bridgehead atoms. The molecule has 0 saturated heterocycles. The van der Waals surface area contributed by atoms with Crippen molar-refractivity contribution in [1.29, 1.82) is 0 Å². The van der Waals surface area contributed by atoms with Crippen LogP contribution in [0.3, 0.4) is 0 Å². The minimum absolute atomic E-state index is 0.398. The van der Waals surface area contributed by atoms with Crippen molar-refractivity contribution in [2.45, 2.75) is 51.2 Å². The van der Waals surface area contributed by atoms with E-state index in [4.69, 9.17) is 17.3 Å². The van der Waals surface area contributed by atoms with Gasteiger partial charge in [0.2, 0.25) is 0 Å². The highest BCUT2D eigenvalue weighted by Gasteiger charge is 2.24. The van der Waals surface area contributed by atoms with E-state index < -0.39 is 0 Å². The fourth-order valence-electron chi connectivity index (χ4n) is 2.45. The fourth-order valence-corrected chi connectivity index (χ4v) is 3.06. The molecule has 1 aromatic rings. The monoisotopic (exact) mass is 274 g/mol. The average Bonchev–Trinajstić information content (AvgIpc) is 2.73. The molecule has 0 spiro atoms. The van der Waals surface area contributed by atoms with E-state index in [2.05, 4.69) is 21.4 Å². The van der Waals surface area contributed by atoms with Gasteiger partial charge >= 0.3 is 0 Å². The predicted molar refractivity (Wildman–Crippen MR) is 71.2 cm³/mol. The summed E-state index contributed by atoms with van der Waals surface area (Å²) < 4.78 is 4.60. The second-order valence-corrected chi connectivity index (χ2v) is 5.98. The van der Waals surface area contributed by atoms with E-state index in [1.54, 1.807) is 0 Å². The van der Waals surface area contributed by atoms with E-state index in [0.29, 0.717) is 12.1 Å². The first-order valence-corrected chi connectivity index (χ1v) is 7.32. The van der Waals surface area contributed by atoms with E-state index in [-0.39, 0.29) is 0 Å². The molecule has 0 unspecified atom stereocenters. The summed E-state index contributed by atoms with van der Waals surface area (Å²) in [6.07, 6.45) is 4.63. The largest absolute Gasteiger partial charge is 0.328 e. The van der Waals surface area contributed by atoms with Crippen molar-refractivity contribution in [1.82, 2.24) is 14.5 Å². The Bertz CT molecular complexity index is 349. The van der Waals surface area contributed by atoms with Gasteiger partial charge in [-0.3, -0.25) is 4.90 Å². The van der Waals surface area contributed by atoms with Crippen molar-refractivity contribution in [2.24, 2.45) is 5.73 Å². The van der Waals surface area contributed by atoms with Crippen LogP contribution in [0.4, 0.5) is 0 Å². The first kappa shape index (κ1) is 13.2. The summed E-state index contributed by atoms with van der Waals surface area (Å²) in [6.45, 7) is 4.02. The van der Waals surface area contributed by atoms with E-state index in [9.17, 15) is 0 Å². The number of halogens is 1. The quantitative estimate of drug-likeness (QED) is 0.915. The lowest BCUT2D eigenvalue weighted by Gasteiger charge is -2.35. The van der Waals surface area contributed by atoms with Crippen LogP contribution in [-0.4, -0.2) is 33.1 Å². The van der Waals surface area contributed by atoms with E-state index >= 15 is 0 Å². The van der Waals surface area contributed by atoms with Crippen molar-refractivity contribution >= 4 is 23.1 Å². The number of nitrogens with zero attached hydrogens (tertiary/aromatic N) is 3. The lowest BCUT2D eigenvalue weighted by atomic mass is 9.90. The second kappa shape index (κ2) is 6.09. The Morgan fingerprint density at radius 1 is 1.41 bits per heavy atom. The Hall–Kier alpha value is -0.230. The maximum atomic E-state index is 6.05. The zero-order chi connectivity index (χ0) is 12.3. The van der Waals surface area contributed by atoms with Gasteiger partial charge in [-0.15, -0.1) is 5.10 Å². The van der Waals surface area contributed by atoms with Crippen LogP contribution in [0.25, 0.3) is 0 Å². The third-order valence-electron chi connectivity index (χ3n) is 3.53. The summed E-state index contributed by atoms with van der Waals surface area (Å²) in [5.74, 6) is 0. The molecule has 1 heterocycles. The van der Waals surface area contributed by atoms with E-state index in [0.717, 1.165) is 36.0 Å². The van der Waals surface area contributed by atoms with Gasteiger partial charge in [0, 0.05) is 30.2 Å². The van der Waals surface area contributed by atoms with Crippen LogP contribution < -0.4 is 5.73 Å². The third-order valence-corrected chi connectivity index (χ3v) is 4.51. The molecule has 4 nitrogen and oxygen atoms in total. The lowest BCUT2D eigenvalue weighted by molar-refractivity contribution is 0.148. The summed E-state index contributed by atoms with van der Waals surface area (Å²) in [4.78, 5) is 2.44. The minimum Gasteiger partial charge on any atom is -0.328 e. The molecule has 1 aliphatic rings. The van der Waals surface area contributed by atoms with Crippen molar-refractivity contribution in [2.75, 3.05) is 6.54 Å². The molecule has 1 aromatic heterocycles. The number of aromatic nitrogens is 2. The molecule has 0 aromatic carbocycles. The van der Waals surface area contributed by atoms with Crippen LogP contribution in [-0.2, 0) is 6.54 Å². The van der Waals surface area contributed by atoms with Crippen LogP contribution >= 0.6 is 23.1 Å². The zero-order valence-corrected chi connectivity index (χ0v) is 11.7. The Balaban J connectivity index is 1.95. The molecule has 17 heavy (non-hydrogen) atoms. The summed E-state index contributed by atoms with van der Waals surface area (Å²) >= 11 is 7.31. The Morgan fingerprint density at radius 2 is 2.12 bits per heavy atom. The van der Waals surface area contributed by atoms with Gasteiger partial charge in [0.15, 0.2) is 0 Å². The highest BCUT2D eigenvalue weighted by atomic mass is 35.5. The topological polar surface area (TPSA) is 55.0 Å². The molecule has 2 N–H and O–H groups in total. The van der Waals surface area contributed by atoms with Crippen molar-refractivity contribution < 1.29 is 0 Å². The van der Waals surface area contributed by atoms with E-state index in [1.165, 1.54) is 24.4 Å². The number of hydrogen-bond acceptors (Lipinski definition) is 5. The molecule has 96 valence electrons. The SMILES string of the molecule is CCN(Cc1nnsc1Cl)C1CCC(N)CC1. The molecule has 6 heteroatoms. The van der Waals surface area contributed by atoms with Crippen LogP contribution in [0.1, 0.15) is 38.3 Å². The first-order chi connectivity index (χ1) is 8.20. The van der Waals surface area contributed by atoms with Gasteiger partial charge in [-0.1, -0.05) is 23.0 Å². The summed E-state index contributed by atoms with van der Waals surface area (Å²) in [6, 6.07) is 1.02. The Morgan fingerprint density at radius 3 is 2.65 bits per heavy atom. The van der Waals surface area contributed by atoms with Gasteiger partial charge in [0.1, 0.15) is 10.0 Å². The molecular formula is C11H19ClN4S. The molecule has 0 atom stereocenters. The fraction of sp³-hybridized carbons (Fsp3) is 0.818. The molecule has 0 amide bonds. The predicted octanol–water partition coefficient (Wildman–Crippen LogP) is 2.28. The first-order valence-electron chi connectivity index (χ1n) is 6.17. The van der Waals surface area contributed by atoms with Gasteiger partial charge in [0.25, 0.3) is 0 Å². The molecule has 0 aliphatic heterocycles. The van der Waals surface area contributed by atoms with E-state index in [1.807, 2.05) is 0 Å². The maximum Gasteiger partial charge on any atom is 0.138 e. The van der Waals surface area contributed by atoms with Gasteiger partial charge in [-0.2, -0.15) is 0 Å². The molecular weight excluding hydrogens is 256 g/mol. The highest BCUT2D eigenvalue weighted by Crippen LogP contribution is 2.25. The van der Waals surface area contributed by atoms with Gasteiger partial charge in [-0.25, -0.2) is 0 Å². The average molecular weight is 275 g/mol. The van der Waals surface area contributed by atoms with Crippen LogP contribution in [0.15, 0.2) is 0 Å².